The van der Waals surface area contributed by atoms with Crippen LogP contribution in [0.5, 0.6) is 5.75 Å². The summed E-state index contributed by atoms with van der Waals surface area (Å²) in [5.74, 6) is 1.89. The maximum absolute atomic E-state index is 5.27. The van der Waals surface area contributed by atoms with Gasteiger partial charge in [-0.15, -0.1) is 0 Å². The van der Waals surface area contributed by atoms with Gasteiger partial charge in [-0.25, -0.2) is 0 Å². The lowest BCUT2D eigenvalue weighted by molar-refractivity contribution is 0.414. The molecule has 24 heavy (non-hydrogen) atoms. The van der Waals surface area contributed by atoms with Crippen LogP contribution in [0.15, 0.2) is 29.3 Å². The van der Waals surface area contributed by atoms with Crippen LogP contribution in [0.3, 0.4) is 0 Å². The number of benzene rings is 1. The second kappa shape index (κ2) is 10.5. The molecular formula is C19H31N3OS. The first-order valence-electron chi connectivity index (χ1n) is 8.95. The molecule has 2 N–H and O–H groups in total. The summed E-state index contributed by atoms with van der Waals surface area (Å²) >= 11 is 1.99. The van der Waals surface area contributed by atoms with Gasteiger partial charge in [0.25, 0.3) is 0 Å². The van der Waals surface area contributed by atoms with E-state index >= 15 is 0 Å². The Morgan fingerprint density at radius 3 is 2.96 bits per heavy atom. The highest BCUT2D eigenvalue weighted by molar-refractivity contribution is 7.99. The van der Waals surface area contributed by atoms with E-state index in [1.54, 1.807) is 7.11 Å². The van der Waals surface area contributed by atoms with Gasteiger partial charge in [-0.2, -0.15) is 11.8 Å². The Labute approximate surface area is 150 Å². The summed E-state index contributed by atoms with van der Waals surface area (Å²) in [5, 5.41) is 7.78. The third-order valence-electron chi connectivity index (χ3n) is 4.43. The normalized spacial score (nSPS) is 20.9. The summed E-state index contributed by atoms with van der Waals surface area (Å²) in [6.45, 7) is 3.86. The monoisotopic (exact) mass is 349 g/mol. The topological polar surface area (TPSA) is 45.7 Å². The molecule has 1 fully saturated rings. The molecule has 1 aromatic carbocycles. The molecule has 2 unspecified atom stereocenters. The number of aliphatic imine (C=N–C) groups is 1. The predicted molar refractivity (Wildman–Crippen MR) is 105 cm³/mol. The number of hydrogen-bond acceptors (Lipinski definition) is 3. The lowest BCUT2D eigenvalue weighted by Crippen LogP contribution is -2.42. The molecule has 1 aliphatic rings. The highest BCUT2D eigenvalue weighted by atomic mass is 32.2. The molecule has 1 saturated carbocycles. The lowest BCUT2D eigenvalue weighted by Gasteiger charge is -2.17. The molecule has 0 saturated heterocycles. The summed E-state index contributed by atoms with van der Waals surface area (Å²) < 4.78 is 5.27. The van der Waals surface area contributed by atoms with Crippen molar-refractivity contribution >= 4 is 17.7 Å². The van der Waals surface area contributed by atoms with Gasteiger partial charge in [-0.3, -0.25) is 4.99 Å². The van der Waals surface area contributed by atoms with Crippen molar-refractivity contribution in [1.29, 1.82) is 0 Å². The fourth-order valence-corrected chi connectivity index (χ4v) is 3.90. The summed E-state index contributed by atoms with van der Waals surface area (Å²) in [5.41, 5.74) is 1.31. The second-order valence-electron chi connectivity index (χ2n) is 6.23. The number of guanidine groups is 1. The summed E-state index contributed by atoms with van der Waals surface area (Å²) in [6, 6.07) is 8.85. The highest BCUT2D eigenvalue weighted by Crippen LogP contribution is 2.28. The van der Waals surface area contributed by atoms with Gasteiger partial charge >= 0.3 is 0 Å². The van der Waals surface area contributed by atoms with Crippen LogP contribution in [0.4, 0.5) is 0 Å². The number of ether oxygens (including phenoxy) is 1. The fourth-order valence-electron chi connectivity index (χ4n) is 3.10. The zero-order valence-corrected chi connectivity index (χ0v) is 16.0. The molecule has 1 aliphatic carbocycles. The van der Waals surface area contributed by atoms with E-state index in [1.165, 1.54) is 24.8 Å². The van der Waals surface area contributed by atoms with Crippen molar-refractivity contribution < 1.29 is 4.74 Å². The van der Waals surface area contributed by atoms with Crippen LogP contribution in [0.1, 0.15) is 38.2 Å². The predicted octanol–water partition coefficient (Wildman–Crippen LogP) is 3.47. The first kappa shape index (κ1) is 19.0. The number of aryl methyl sites for hydroxylation is 1. The van der Waals surface area contributed by atoms with Crippen molar-refractivity contribution in [2.45, 2.75) is 50.3 Å². The Bertz CT molecular complexity index is 521. The zero-order valence-electron chi connectivity index (χ0n) is 15.2. The fraction of sp³-hybridized carbons (Fsp3) is 0.632. The average Bonchev–Trinajstić information content (AvgIpc) is 3.06. The van der Waals surface area contributed by atoms with Crippen LogP contribution >= 0.6 is 11.8 Å². The van der Waals surface area contributed by atoms with Crippen molar-refractivity contribution in [2.24, 2.45) is 4.99 Å². The molecule has 0 bridgehead atoms. The van der Waals surface area contributed by atoms with Crippen LogP contribution in [0, 0.1) is 0 Å². The maximum atomic E-state index is 5.27. The van der Waals surface area contributed by atoms with Gasteiger partial charge in [0.2, 0.25) is 0 Å². The van der Waals surface area contributed by atoms with E-state index < -0.39 is 0 Å². The number of hydrogen-bond donors (Lipinski definition) is 2. The zero-order chi connectivity index (χ0) is 17.2. The number of rotatable bonds is 8. The summed E-state index contributed by atoms with van der Waals surface area (Å²) in [4.78, 5) is 4.74. The number of methoxy groups -OCH3 is 1. The van der Waals surface area contributed by atoms with Crippen LogP contribution < -0.4 is 15.4 Å². The van der Waals surface area contributed by atoms with Gasteiger partial charge in [0, 0.05) is 24.4 Å². The second-order valence-corrected chi connectivity index (χ2v) is 7.37. The van der Waals surface area contributed by atoms with E-state index in [2.05, 4.69) is 35.9 Å². The van der Waals surface area contributed by atoms with Crippen molar-refractivity contribution in [3.05, 3.63) is 29.8 Å². The molecule has 4 nitrogen and oxygen atoms in total. The number of thioether (sulfide) groups is 1. The van der Waals surface area contributed by atoms with E-state index in [1.807, 2.05) is 23.9 Å². The van der Waals surface area contributed by atoms with Gasteiger partial charge in [0.15, 0.2) is 5.96 Å². The molecule has 1 aromatic rings. The standard InChI is InChI=1S/C19H31N3OS/c1-4-20-19(22-16-10-11-18(14-16)24-3)21-12-6-8-15-7-5-9-17(13-15)23-2/h5,7,9,13,16,18H,4,6,8,10-12,14H2,1-3H3,(H2,20,21,22). The molecule has 0 radical (unpaired) electrons. The third-order valence-corrected chi connectivity index (χ3v) is 5.53. The molecule has 2 rings (SSSR count). The minimum atomic E-state index is 0.568. The molecule has 0 amide bonds. The van der Waals surface area contributed by atoms with Crippen LogP contribution in [0.25, 0.3) is 0 Å². The molecule has 5 heteroatoms. The van der Waals surface area contributed by atoms with Crippen molar-refractivity contribution in [3.8, 4) is 5.75 Å². The smallest absolute Gasteiger partial charge is 0.191 e. The Morgan fingerprint density at radius 2 is 2.25 bits per heavy atom. The molecule has 0 aromatic heterocycles. The SMILES string of the molecule is CCNC(=NCCCc1cccc(OC)c1)NC1CCC(SC)C1. The minimum Gasteiger partial charge on any atom is -0.497 e. The third kappa shape index (κ3) is 6.27. The minimum absolute atomic E-state index is 0.568. The van der Waals surface area contributed by atoms with Crippen molar-refractivity contribution in [3.63, 3.8) is 0 Å². The molecule has 0 spiro atoms. The van der Waals surface area contributed by atoms with Crippen LogP contribution in [0.2, 0.25) is 0 Å². The van der Waals surface area contributed by atoms with Gasteiger partial charge in [0.05, 0.1) is 7.11 Å². The summed E-state index contributed by atoms with van der Waals surface area (Å²) in [7, 11) is 1.71. The van der Waals surface area contributed by atoms with Crippen LogP contribution in [-0.2, 0) is 6.42 Å². The molecule has 0 heterocycles. The Kier molecular flexibility index (Phi) is 8.29. The lowest BCUT2D eigenvalue weighted by atomic mass is 10.1. The number of nitrogens with one attached hydrogen (secondary N) is 2. The quantitative estimate of drug-likeness (QED) is 0.429. The van der Waals surface area contributed by atoms with Gasteiger partial charge in [-0.1, -0.05) is 12.1 Å². The average molecular weight is 350 g/mol. The Balaban J connectivity index is 1.78. The van der Waals surface area contributed by atoms with Crippen LogP contribution in [-0.4, -0.2) is 43.7 Å². The first-order chi connectivity index (χ1) is 11.7. The maximum Gasteiger partial charge on any atom is 0.191 e. The molecular weight excluding hydrogens is 318 g/mol. The van der Waals surface area contributed by atoms with Gasteiger partial charge in [0.1, 0.15) is 5.75 Å². The van der Waals surface area contributed by atoms with Gasteiger partial charge < -0.3 is 15.4 Å². The highest BCUT2D eigenvalue weighted by Gasteiger charge is 2.24. The Morgan fingerprint density at radius 1 is 1.38 bits per heavy atom. The summed E-state index contributed by atoms with van der Waals surface area (Å²) in [6.07, 6.45) is 8.09. The van der Waals surface area contributed by atoms with E-state index in [0.29, 0.717) is 6.04 Å². The van der Waals surface area contributed by atoms with E-state index in [4.69, 9.17) is 9.73 Å². The van der Waals surface area contributed by atoms with E-state index in [0.717, 1.165) is 42.9 Å². The van der Waals surface area contributed by atoms with E-state index in [-0.39, 0.29) is 0 Å². The first-order valence-corrected chi connectivity index (χ1v) is 10.2. The molecule has 2 atom stereocenters. The molecule has 134 valence electrons. The van der Waals surface area contributed by atoms with Crippen molar-refractivity contribution in [1.82, 2.24) is 10.6 Å². The van der Waals surface area contributed by atoms with E-state index in [9.17, 15) is 0 Å². The Hall–Kier alpha value is -1.36. The largest absolute Gasteiger partial charge is 0.497 e. The molecule has 0 aliphatic heterocycles. The number of nitrogens with zero attached hydrogens (tertiary/aromatic N) is 1. The van der Waals surface area contributed by atoms with Crippen molar-refractivity contribution in [2.75, 3.05) is 26.5 Å². The van der Waals surface area contributed by atoms with Gasteiger partial charge in [-0.05, 0) is 63.0 Å².